The summed E-state index contributed by atoms with van der Waals surface area (Å²) in [5.74, 6) is -0.713. The van der Waals surface area contributed by atoms with E-state index < -0.39 is 12.1 Å². The highest BCUT2D eigenvalue weighted by molar-refractivity contribution is 7.13. The summed E-state index contributed by atoms with van der Waals surface area (Å²) in [6.45, 7) is 9.99. The standard InChI is InChI=1S/C26H32N4O3S2/c1-14(2)23(22-10-15(3)29-35-22)26(33)30-12-20(31)11-21(30)25(32)28-16(4)18-6-8-19(9-7-18)24-17(5)27-13-34-24/h6-10,13-14,16,20-21,23,31H,11-12H2,1-5H3,(H,28,32)/t16-,20+,21-,23?/m0/s1. The highest BCUT2D eigenvalue weighted by Gasteiger charge is 2.42. The Morgan fingerprint density at radius 1 is 1.17 bits per heavy atom. The van der Waals surface area contributed by atoms with E-state index in [0.29, 0.717) is 0 Å². The first-order chi connectivity index (χ1) is 16.7. The fourth-order valence-corrected chi connectivity index (χ4v) is 6.47. The van der Waals surface area contributed by atoms with Gasteiger partial charge in [-0.2, -0.15) is 4.37 Å². The first-order valence-electron chi connectivity index (χ1n) is 11.9. The molecule has 4 atom stereocenters. The maximum atomic E-state index is 13.6. The first kappa shape index (κ1) is 25.5. The first-order valence-corrected chi connectivity index (χ1v) is 13.5. The van der Waals surface area contributed by atoms with Gasteiger partial charge in [-0.1, -0.05) is 38.1 Å². The summed E-state index contributed by atoms with van der Waals surface area (Å²) in [4.78, 5) is 34.8. The minimum atomic E-state index is -0.719. The monoisotopic (exact) mass is 512 g/mol. The van der Waals surface area contributed by atoms with Crippen molar-refractivity contribution >= 4 is 34.7 Å². The van der Waals surface area contributed by atoms with Gasteiger partial charge >= 0.3 is 0 Å². The third-order valence-corrected chi connectivity index (χ3v) is 8.47. The molecule has 2 aromatic heterocycles. The molecule has 4 rings (SSSR count). The molecule has 3 heterocycles. The number of aryl methyl sites for hydroxylation is 2. The van der Waals surface area contributed by atoms with Crippen LogP contribution in [0.2, 0.25) is 0 Å². The predicted molar refractivity (Wildman–Crippen MR) is 139 cm³/mol. The Kier molecular flexibility index (Phi) is 7.68. The number of nitrogens with zero attached hydrogens (tertiary/aromatic N) is 3. The zero-order valence-electron chi connectivity index (χ0n) is 20.7. The quantitative estimate of drug-likeness (QED) is 0.487. The summed E-state index contributed by atoms with van der Waals surface area (Å²) in [5.41, 5.74) is 5.79. The van der Waals surface area contributed by atoms with Crippen LogP contribution in [0, 0.1) is 19.8 Å². The van der Waals surface area contributed by atoms with Crippen LogP contribution in [-0.2, 0) is 9.59 Å². The Morgan fingerprint density at radius 2 is 1.89 bits per heavy atom. The van der Waals surface area contributed by atoms with Crippen LogP contribution in [0.15, 0.2) is 35.8 Å². The number of carbonyl (C=O) groups is 2. The van der Waals surface area contributed by atoms with Crippen LogP contribution in [0.1, 0.15) is 61.0 Å². The molecule has 0 spiro atoms. The van der Waals surface area contributed by atoms with Crippen molar-refractivity contribution in [2.24, 2.45) is 5.92 Å². The number of nitrogens with one attached hydrogen (secondary N) is 1. The number of thiazole rings is 1. The van der Waals surface area contributed by atoms with Gasteiger partial charge in [0.15, 0.2) is 0 Å². The average molecular weight is 513 g/mol. The van der Waals surface area contributed by atoms with E-state index in [0.717, 1.165) is 32.3 Å². The number of aromatic nitrogens is 2. The van der Waals surface area contributed by atoms with E-state index in [2.05, 4.69) is 14.7 Å². The molecule has 1 aromatic carbocycles. The molecule has 3 aromatic rings. The Hall–Kier alpha value is -2.62. The molecule has 0 aliphatic carbocycles. The SMILES string of the molecule is Cc1cc(C(C(=O)N2C[C@H](O)C[C@H]2C(=O)N[C@@H](C)c2ccc(-c3scnc3C)cc2)C(C)C)sn1. The number of hydrogen-bond acceptors (Lipinski definition) is 7. The van der Waals surface area contributed by atoms with Crippen molar-refractivity contribution < 1.29 is 14.7 Å². The van der Waals surface area contributed by atoms with Crippen LogP contribution >= 0.6 is 22.9 Å². The van der Waals surface area contributed by atoms with Crippen LogP contribution in [0.25, 0.3) is 10.4 Å². The average Bonchev–Trinajstić information content (AvgIpc) is 3.53. The lowest BCUT2D eigenvalue weighted by Crippen LogP contribution is -2.48. The third kappa shape index (κ3) is 5.47. The fraction of sp³-hybridized carbons (Fsp3) is 0.462. The molecular weight excluding hydrogens is 480 g/mol. The van der Waals surface area contributed by atoms with Crippen LogP contribution in [0.3, 0.4) is 0 Å². The van der Waals surface area contributed by atoms with Crippen molar-refractivity contribution in [2.45, 2.75) is 65.1 Å². The maximum Gasteiger partial charge on any atom is 0.243 e. The molecule has 1 unspecified atom stereocenters. The van der Waals surface area contributed by atoms with Crippen LogP contribution in [-0.4, -0.2) is 49.9 Å². The number of amides is 2. The molecule has 1 aliphatic heterocycles. The zero-order chi connectivity index (χ0) is 25.3. The topological polar surface area (TPSA) is 95.4 Å². The van der Waals surface area contributed by atoms with E-state index in [1.165, 1.54) is 11.5 Å². The Balaban J connectivity index is 1.47. The molecule has 9 heteroatoms. The van der Waals surface area contributed by atoms with Gasteiger partial charge < -0.3 is 15.3 Å². The van der Waals surface area contributed by atoms with Crippen LogP contribution in [0.5, 0.6) is 0 Å². The number of aliphatic hydroxyl groups is 1. The highest BCUT2D eigenvalue weighted by Crippen LogP contribution is 2.33. The van der Waals surface area contributed by atoms with Gasteiger partial charge in [0, 0.05) is 17.8 Å². The number of benzene rings is 1. The number of likely N-dealkylation sites (tertiary alicyclic amines) is 1. The van der Waals surface area contributed by atoms with Crippen molar-refractivity contribution in [1.29, 1.82) is 0 Å². The van der Waals surface area contributed by atoms with E-state index >= 15 is 0 Å². The zero-order valence-corrected chi connectivity index (χ0v) is 22.3. The Morgan fingerprint density at radius 3 is 2.46 bits per heavy atom. The second kappa shape index (κ2) is 10.6. The minimum absolute atomic E-state index is 0.0448. The molecule has 1 fully saturated rings. The maximum absolute atomic E-state index is 13.6. The van der Waals surface area contributed by atoms with Crippen molar-refractivity contribution in [1.82, 2.24) is 19.6 Å². The summed E-state index contributed by atoms with van der Waals surface area (Å²) < 4.78 is 4.34. The molecule has 2 amide bonds. The van der Waals surface area contributed by atoms with Crippen molar-refractivity contribution in [3.05, 3.63) is 57.7 Å². The van der Waals surface area contributed by atoms with Crippen molar-refractivity contribution in [3.8, 4) is 10.4 Å². The second-order valence-corrected chi connectivity index (χ2v) is 11.3. The van der Waals surface area contributed by atoms with Crippen LogP contribution < -0.4 is 5.32 Å². The van der Waals surface area contributed by atoms with Crippen molar-refractivity contribution in [3.63, 3.8) is 0 Å². The molecule has 35 heavy (non-hydrogen) atoms. The summed E-state index contributed by atoms with van der Waals surface area (Å²) in [5, 5.41) is 13.4. The largest absolute Gasteiger partial charge is 0.391 e. The lowest BCUT2D eigenvalue weighted by Gasteiger charge is -2.30. The molecule has 1 aliphatic rings. The molecule has 0 radical (unpaired) electrons. The lowest BCUT2D eigenvalue weighted by atomic mass is 9.92. The number of hydrogen-bond donors (Lipinski definition) is 2. The normalized spacial score (nSPS) is 19.7. The van der Waals surface area contributed by atoms with Gasteiger partial charge in [0.25, 0.3) is 0 Å². The number of rotatable bonds is 7. The molecule has 186 valence electrons. The number of carbonyl (C=O) groups excluding carboxylic acids is 2. The predicted octanol–water partition coefficient (Wildman–Crippen LogP) is 4.46. The second-order valence-electron chi connectivity index (χ2n) is 9.61. The summed E-state index contributed by atoms with van der Waals surface area (Å²) >= 11 is 2.93. The van der Waals surface area contributed by atoms with Gasteiger partial charge in [-0.3, -0.25) is 9.59 Å². The van der Waals surface area contributed by atoms with Crippen molar-refractivity contribution in [2.75, 3.05) is 6.54 Å². The number of aliphatic hydroxyl groups excluding tert-OH is 1. The highest BCUT2D eigenvalue weighted by atomic mass is 32.1. The molecule has 2 N–H and O–H groups in total. The lowest BCUT2D eigenvalue weighted by molar-refractivity contribution is -0.140. The molecular formula is C26H32N4O3S2. The van der Waals surface area contributed by atoms with E-state index in [4.69, 9.17) is 0 Å². The van der Waals surface area contributed by atoms with E-state index in [-0.39, 0.29) is 42.7 Å². The molecule has 7 nitrogen and oxygen atoms in total. The summed E-state index contributed by atoms with van der Waals surface area (Å²) in [6.07, 6.45) is -0.483. The number of β-amino-alcohol motifs (C(OH)–C–C–N with tert-alkyl or cyclic N) is 1. The fourth-order valence-electron chi connectivity index (χ4n) is 4.64. The summed E-state index contributed by atoms with van der Waals surface area (Å²) in [6, 6.07) is 9.09. The molecule has 0 bridgehead atoms. The van der Waals surface area contributed by atoms with Crippen LogP contribution in [0.4, 0.5) is 0 Å². The molecule has 0 saturated carbocycles. The van der Waals surface area contributed by atoms with Gasteiger partial charge in [0.05, 0.1) is 39.8 Å². The van der Waals surface area contributed by atoms with E-state index in [9.17, 15) is 14.7 Å². The Bertz CT molecular complexity index is 1190. The van der Waals surface area contributed by atoms with Gasteiger partial charge in [0.2, 0.25) is 11.8 Å². The van der Waals surface area contributed by atoms with Gasteiger partial charge in [-0.15, -0.1) is 11.3 Å². The van der Waals surface area contributed by atoms with E-state index in [1.807, 2.05) is 70.5 Å². The third-order valence-electron chi connectivity index (χ3n) is 6.53. The van der Waals surface area contributed by atoms with Gasteiger partial charge in [-0.05, 0) is 55.4 Å². The van der Waals surface area contributed by atoms with E-state index in [1.54, 1.807) is 16.2 Å². The van der Waals surface area contributed by atoms with Gasteiger partial charge in [0.1, 0.15) is 6.04 Å². The smallest absolute Gasteiger partial charge is 0.243 e. The van der Waals surface area contributed by atoms with Gasteiger partial charge in [-0.25, -0.2) is 4.98 Å². The summed E-state index contributed by atoms with van der Waals surface area (Å²) in [7, 11) is 0. The minimum Gasteiger partial charge on any atom is -0.391 e. The molecule has 1 saturated heterocycles. The Labute approximate surface area is 214 Å².